The van der Waals surface area contributed by atoms with Crippen LogP contribution in [0.5, 0.6) is 0 Å². The topological polar surface area (TPSA) is 63.5 Å². The first-order valence-corrected chi connectivity index (χ1v) is 7.57. The fourth-order valence-corrected chi connectivity index (χ4v) is 3.67. The number of nitro benzene ring substituents is 1. The number of benzene rings is 1. The van der Waals surface area contributed by atoms with E-state index >= 15 is 0 Å². The Morgan fingerprint density at radius 1 is 1.43 bits per heavy atom. The molecule has 0 saturated carbocycles. The van der Waals surface area contributed by atoms with E-state index in [9.17, 15) is 14.9 Å². The molecule has 0 spiro atoms. The van der Waals surface area contributed by atoms with E-state index in [1.54, 1.807) is 28.4 Å². The Morgan fingerprint density at radius 2 is 2.24 bits per heavy atom. The Balaban J connectivity index is 1.89. The minimum atomic E-state index is -0.479. The first-order valence-electron chi connectivity index (χ1n) is 6.69. The standard InChI is InChI=1S/C15H14N2O3S/c1-10-13-6-8-21-14(13)5-7-16(10)15(18)11-3-2-4-12(9-11)17(19)20/h2-4,6,8-10H,5,7H2,1H3/t10-/m1/s1. The molecule has 0 N–H and O–H groups in total. The molecule has 0 radical (unpaired) electrons. The van der Waals surface area contributed by atoms with Crippen LogP contribution in [0.3, 0.4) is 0 Å². The van der Waals surface area contributed by atoms with Gasteiger partial charge in [-0.05, 0) is 36.4 Å². The van der Waals surface area contributed by atoms with E-state index in [1.165, 1.54) is 22.6 Å². The summed E-state index contributed by atoms with van der Waals surface area (Å²) in [7, 11) is 0. The van der Waals surface area contributed by atoms with Gasteiger partial charge in [-0.1, -0.05) is 6.07 Å². The Bertz CT molecular complexity index is 710. The third-order valence-corrected chi connectivity index (χ3v) is 4.84. The third kappa shape index (κ3) is 2.42. The van der Waals surface area contributed by atoms with Crippen molar-refractivity contribution in [1.82, 2.24) is 4.90 Å². The number of non-ortho nitro benzene ring substituents is 1. The van der Waals surface area contributed by atoms with Gasteiger partial charge in [0.2, 0.25) is 0 Å². The molecule has 1 aromatic heterocycles. The number of nitro groups is 1. The number of hydrogen-bond donors (Lipinski definition) is 0. The largest absolute Gasteiger partial charge is 0.331 e. The number of carbonyl (C=O) groups is 1. The van der Waals surface area contributed by atoms with Crippen LogP contribution in [0.1, 0.15) is 33.8 Å². The van der Waals surface area contributed by atoms with Gasteiger partial charge in [0.05, 0.1) is 11.0 Å². The molecule has 21 heavy (non-hydrogen) atoms. The zero-order valence-electron chi connectivity index (χ0n) is 11.5. The molecule has 108 valence electrons. The lowest BCUT2D eigenvalue weighted by atomic mass is 10.0. The van der Waals surface area contributed by atoms with E-state index in [2.05, 4.69) is 6.07 Å². The molecule has 1 atom stereocenters. The minimum Gasteiger partial charge on any atom is -0.331 e. The van der Waals surface area contributed by atoms with E-state index < -0.39 is 4.92 Å². The van der Waals surface area contributed by atoms with Crippen molar-refractivity contribution in [3.63, 3.8) is 0 Å². The molecule has 2 aromatic rings. The molecule has 1 amide bonds. The zero-order chi connectivity index (χ0) is 15.0. The molecule has 0 saturated heterocycles. The average molecular weight is 302 g/mol. The second-order valence-corrected chi connectivity index (χ2v) is 6.03. The van der Waals surface area contributed by atoms with Crippen molar-refractivity contribution in [2.45, 2.75) is 19.4 Å². The maximum atomic E-state index is 12.6. The van der Waals surface area contributed by atoms with Gasteiger partial charge in [-0.2, -0.15) is 0 Å². The number of fused-ring (bicyclic) bond motifs is 1. The third-order valence-electron chi connectivity index (χ3n) is 3.84. The zero-order valence-corrected chi connectivity index (χ0v) is 12.3. The highest BCUT2D eigenvalue weighted by atomic mass is 32.1. The maximum Gasteiger partial charge on any atom is 0.270 e. The highest BCUT2D eigenvalue weighted by Gasteiger charge is 2.29. The normalized spacial score (nSPS) is 17.4. The Labute approximate surface area is 126 Å². The number of carbonyl (C=O) groups excluding carboxylic acids is 1. The fraction of sp³-hybridized carbons (Fsp3) is 0.267. The molecule has 0 unspecified atom stereocenters. The fourth-order valence-electron chi connectivity index (χ4n) is 2.71. The van der Waals surface area contributed by atoms with E-state index in [1.807, 2.05) is 12.3 Å². The van der Waals surface area contributed by atoms with Gasteiger partial charge in [0.1, 0.15) is 0 Å². The van der Waals surface area contributed by atoms with Crippen LogP contribution in [0, 0.1) is 10.1 Å². The molecule has 3 rings (SSSR count). The van der Waals surface area contributed by atoms with E-state index in [0.717, 1.165) is 6.42 Å². The van der Waals surface area contributed by atoms with Gasteiger partial charge in [0, 0.05) is 29.1 Å². The van der Waals surface area contributed by atoms with Gasteiger partial charge >= 0.3 is 0 Å². The van der Waals surface area contributed by atoms with Gasteiger partial charge in [-0.25, -0.2) is 0 Å². The van der Waals surface area contributed by atoms with Crippen LogP contribution in [0.25, 0.3) is 0 Å². The van der Waals surface area contributed by atoms with Crippen LogP contribution in [0.4, 0.5) is 5.69 Å². The van der Waals surface area contributed by atoms with Crippen molar-refractivity contribution in [3.8, 4) is 0 Å². The van der Waals surface area contributed by atoms with Gasteiger partial charge in [-0.15, -0.1) is 11.3 Å². The second kappa shape index (κ2) is 5.29. The summed E-state index contributed by atoms with van der Waals surface area (Å²) in [6.45, 7) is 2.65. The highest BCUT2D eigenvalue weighted by Crippen LogP contribution is 2.33. The van der Waals surface area contributed by atoms with Crippen LogP contribution in [0.2, 0.25) is 0 Å². The summed E-state index contributed by atoms with van der Waals surface area (Å²) in [6.07, 6.45) is 0.845. The second-order valence-electron chi connectivity index (χ2n) is 5.03. The molecule has 1 aromatic carbocycles. The van der Waals surface area contributed by atoms with Crippen LogP contribution < -0.4 is 0 Å². The van der Waals surface area contributed by atoms with Crippen molar-refractivity contribution in [3.05, 3.63) is 61.8 Å². The molecule has 2 heterocycles. The number of thiophene rings is 1. The van der Waals surface area contributed by atoms with Crippen LogP contribution in [0.15, 0.2) is 35.7 Å². The molecule has 1 aliphatic rings. The van der Waals surface area contributed by atoms with Crippen molar-refractivity contribution in [2.75, 3.05) is 6.54 Å². The molecular formula is C15H14N2O3S. The lowest BCUT2D eigenvalue weighted by Gasteiger charge is -2.33. The maximum absolute atomic E-state index is 12.6. The van der Waals surface area contributed by atoms with E-state index in [0.29, 0.717) is 12.1 Å². The van der Waals surface area contributed by atoms with Crippen molar-refractivity contribution >= 4 is 22.9 Å². The van der Waals surface area contributed by atoms with Crippen molar-refractivity contribution < 1.29 is 9.72 Å². The summed E-state index contributed by atoms with van der Waals surface area (Å²) in [5.41, 5.74) is 1.50. The molecule has 0 fully saturated rings. The summed E-state index contributed by atoms with van der Waals surface area (Å²) in [5, 5.41) is 12.9. The van der Waals surface area contributed by atoms with Crippen molar-refractivity contribution in [2.24, 2.45) is 0 Å². The van der Waals surface area contributed by atoms with Gasteiger partial charge < -0.3 is 4.90 Å². The summed E-state index contributed by atoms with van der Waals surface area (Å²) in [4.78, 5) is 26.1. The highest BCUT2D eigenvalue weighted by molar-refractivity contribution is 7.10. The van der Waals surface area contributed by atoms with E-state index in [-0.39, 0.29) is 17.6 Å². The number of nitrogens with zero attached hydrogens (tertiary/aromatic N) is 2. The molecular weight excluding hydrogens is 288 g/mol. The van der Waals surface area contributed by atoms with Crippen LogP contribution >= 0.6 is 11.3 Å². The molecule has 1 aliphatic heterocycles. The van der Waals surface area contributed by atoms with E-state index in [4.69, 9.17) is 0 Å². The van der Waals surface area contributed by atoms with Crippen LogP contribution in [-0.2, 0) is 6.42 Å². The summed E-state index contributed by atoms with van der Waals surface area (Å²) >= 11 is 1.72. The molecule has 5 nitrogen and oxygen atoms in total. The van der Waals surface area contributed by atoms with Crippen LogP contribution in [-0.4, -0.2) is 22.3 Å². The predicted molar refractivity (Wildman–Crippen MR) is 80.6 cm³/mol. The first-order chi connectivity index (χ1) is 10.1. The monoisotopic (exact) mass is 302 g/mol. The van der Waals surface area contributed by atoms with Gasteiger partial charge in [0.15, 0.2) is 0 Å². The average Bonchev–Trinajstić information content (AvgIpc) is 2.96. The Hall–Kier alpha value is -2.21. The lowest BCUT2D eigenvalue weighted by Crippen LogP contribution is -2.38. The molecule has 0 aliphatic carbocycles. The first kappa shape index (κ1) is 13.8. The minimum absolute atomic E-state index is 0.00626. The smallest absolute Gasteiger partial charge is 0.270 e. The lowest BCUT2D eigenvalue weighted by molar-refractivity contribution is -0.384. The number of rotatable bonds is 2. The summed E-state index contributed by atoms with van der Waals surface area (Å²) in [6, 6.07) is 7.98. The predicted octanol–water partition coefficient (Wildman–Crippen LogP) is 3.42. The van der Waals surface area contributed by atoms with Gasteiger partial charge in [-0.3, -0.25) is 14.9 Å². The van der Waals surface area contributed by atoms with Crippen molar-refractivity contribution in [1.29, 1.82) is 0 Å². The van der Waals surface area contributed by atoms with Gasteiger partial charge in [0.25, 0.3) is 11.6 Å². The number of hydrogen-bond acceptors (Lipinski definition) is 4. The molecule has 6 heteroatoms. The SMILES string of the molecule is C[C@@H]1c2ccsc2CCN1C(=O)c1cccc([N+](=O)[O-])c1. The Morgan fingerprint density at radius 3 is 3.00 bits per heavy atom. The number of amides is 1. The summed E-state index contributed by atoms with van der Waals surface area (Å²) < 4.78 is 0. The molecule has 0 bridgehead atoms. The summed E-state index contributed by atoms with van der Waals surface area (Å²) in [5.74, 6) is -0.150. The Kier molecular flexibility index (Phi) is 3.47. The quantitative estimate of drug-likeness (QED) is 0.630.